The molecule has 40 heavy (non-hydrogen) atoms. The second-order valence-corrected chi connectivity index (χ2v) is 13.6. The molecule has 218 valence electrons. The standard InChI is InChI=1S/C30H39ClFN3O4S/c1-22-10-13-24(32)20-28(22)29-9-5-8-26(35(29)40(37,38)27-14-11-23(31)12-15-27)21-39-30(36)34-18-16-33(17-19-34)25-6-3-2-4-7-25/h10-15,20,25-26,29H,2-9,16-19,21H2,1H3. The van der Waals surface area contributed by atoms with E-state index in [1.165, 1.54) is 60.7 Å². The Labute approximate surface area is 242 Å². The SMILES string of the molecule is Cc1ccc(F)cc1C1CCCC(COC(=O)N2CCN(C3CCCCC3)CC2)N1S(=O)(=O)c1ccc(Cl)cc1. The van der Waals surface area contributed by atoms with Crippen LogP contribution >= 0.6 is 11.6 Å². The van der Waals surface area contributed by atoms with Crippen LogP contribution in [0.25, 0.3) is 0 Å². The number of nitrogens with zero attached hydrogens (tertiary/aromatic N) is 3. The number of carbonyl (C=O) groups excluding carboxylic acids is 1. The molecule has 2 aliphatic heterocycles. The van der Waals surface area contributed by atoms with Crippen molar-refractivity contribution in [2.45, 2.75) is 81.3 Å². The number of aryl methyl sites for hydroxylation is 1. The number of piperazine rings is 1. The number of sulfonamides is 1. The first-order valence-corrected chi connectivity index (χ1v) is 16.3. The monoisotopic (exact) mass is 591 g/mol. The molecule has 2 atom stereocenters. The minimum Gasteiger partial charge on any atom is -0.448 e. The van der Waals surface area contributed by atoms with E-state index in [9.17, 15) is 17.6 Å². The average Bonchev–Trinajstić information content (AvgIpc) is 2.97. The summed E-state index contributed by atoms with van der Waals surface area (Å²) in [6.07, 6.45) is 7.75. The number of amides is 1. The van der Waals surface area contributed by atoms with Gasteiger partial charge in [0.2, 0.25) is 10.0 Å². The topological polar surface area (TPSA) is 70.2 Å². The summed E-state index contributed by atoms with van der Waals surface area (Å²) >= 11 is 6.04. The van der Waals surface area contributed by atoms with Gasteiger partial charge in [0.1, 0.15) is 12.4 Å². The maximum Gasteiger partial charge on any atom is 0.409 e. The first kappa shape index (κ1) is 29.3. The van der Waals surface area contributed by atoms with Crippen molar-refractivity contribution in [3.05, 3.63) is 64.4 Å². The van der Waals surface area contributed by atoms with Crippen molar-refractivity contribution in [2.75, 3.05) is 32.8 Å². The third-order valence-corrected chi connectivity index (χ3v) is 11.0. The van der Waals surface area contributed by atoms with Gasteiger partial charge >= 0.3 is 6.09 Å². The first-order valence-electron chi connectivity index (χ1n) is 14.4. The van der Waals surface area contributed by atoms with Crippen LogP contribution in [0.4, 0.5) is 9.18 Å². The highest BCUT2D eigenvalue weighted by atomic mass is 35.5. The highest BCUT2D eigenvalue weighted by Gasteiger charge is 2.42. The normalized spacial score (nSPS) is 23.7. The number of halogens is 2. The van der Waals surface area contributed by atoms with Crippen molar-refractivity contribution in [3.8, 4) is 0 Å². The van der Waals surface area contributed by atoms with Gasteiger partial charge in [0.25, 0.3) is 0 Å². The number of hydrogen-bond acceptors (Lipinski definition) is 5. The quantitative estimate of drug-likeness (QED) is 0.402. The molecule has 2 aromatic carbocycles. The summed E-state index contributed by atoms with van der Waals surface area (Å²) in [6, 6.07) is 10.00. The van der Waals surface area contributed by atoms with E-state index in [0.717, 1.165) is 25.1 Å². The Morgan fingerprint density at radius 1 is 0.950 bits per heavy atom. The van der Waals surface area contributed by atoms with Crippen LogP contribution in [0.5, 0.6) is 0 Å². The largest absolute Gasteiger partial charge is 0.448 e. The minimum absolute atomic E-state index is 0.0562. The van der Waals surface area contributed by atoms with Crippen LogP contribution < -0.4 is 0 Å². The molecule has 1 aliphatic carbocycles. The Balaban J connectivity index is 1.32. The summed E-state index contributed by atoms with van der Waals surface area (Å²) in [5.41, 5.74) is 1.45. The van der Waals surface area contributed by atoms with Crippen LogP contribution in [0.2, 0.25) is 5.02 Å². The molecule has 0 radical (unpaired) electrons. The Morgan fingerprint density at radius 2 is 1.65 bits per heavy atom. The van der Waals surface area contributed by atoms with Crippen LogP contribution in [0.15, 0.2) is 47.4 Å². The Kier molecular flexibility index (Phi) is 9.35. The zero-order chi connectivity index (χ0) is 28.3. The lowest BCUT2D eigenvalue weighted by Crippen LogP contribution is -2.53. The maximum atomic E-state index is 14.3. The number of hydrogen-bond donors (Lipinski definition) is 0. The van der Waals surface area contributed by atoms with Crippen LogP contribution in [0, 0.1) is 12.7 Å². The van der Waals surface area contributed by atoms with Gasteiger partial charge in [-0.3, -0.25) is 4.90 Å². The highest BCUT2D eigenvalue weighted by molar-refractivity contribution is 7.89. The third-order valence-electron chi connectivity index (χ3n) is 8.73. The molecule has 10 heteroatoms. The Morgan fingerprint density at radius 3 is 2.35 bits per heavy atom. The fourth-order valence-corrected chi connectivity index (χ4v) is 8.50. The molecule has 0 bridgehead atoms. The average molecular weight is 592 g/mol. The molecule has 1 saturated carbocycles. The summed E-state index contributed by atoms with van der Waals surface area (Å²) in [7, 11) is -4.01. The minimum atomic E-state index is -4.01. The van der Waals surface area contributed by atoms with E-state index in [1.807, 2.05) is 6.92 Å². The molecule has 2 saturated heterocycles. The molecular formula is C30H39ClFN3O4S. The van der Waals surface area contributed by atoms with Gasteiger partial charge in [-0.05, 0) is 86.6 Å². The van der Waals surface area contributed by atoms with Gasteiger partial charge < -0.3 is 9.64 Å². The van der Waals surface area contributed by atoms with Crippen molar-refractivity contribution < 1.29 is 22.3 Å². The van der Waals surface area contributed by atoms with Crippen LogP contribution in [0.1, 0.15) is 68.5 Å². The van der Waals surface area contributed by atoms with E-state index in [2.05, 4.69) is 4.90 Å². The zero-order valence-corrected chi connectivity index (χ0v) is 24.7. The van der Waals surface area contributed by atoms with Crippen molar-refractivity contribution in [1.82, 2.24) is 14.1 Å². The van der Waals surface area contributed by atoms with Crippen LogP contribution in [-0.2, 0) is 14.8 Å². The molecule has 5 rings (SSSR count). The van der Waals surface area contributed by atoms with Gasteiger partial charge in [0.15, 0.2) is 0 Å². The van der Waals surface area contributed by atoms with Crippen LogP contribution in [-0.4, -0.2) is 73.5 Å². The molecule has 0 spiro atoms. The number of carbonyl (C=O) groups is 1. The van der Waals surface area contributed by atoms with Crippen molar-refractivity contribution in [1.29, 1.82) is 0 Å². The second kappa shape index (κ2) is 12.8. The Hall–Kier alpha value is -2.20. The summed E-state index contributed by atoms with van der Waals surface area (Å²) in [5, 5.41) is 0.434. The number of rotatable bonds is 6. The lowest BCUT2D eigenvalue weighted by atomic mass is 9.91. The van der Waals surface area contributed by atoms with E-state index < -0.39 is 34.0 Å². The Bertz CT molecular complexity index is 1280. The third kappa shape index (κ3) is 6.48. The maximum absolute atomic E-state index is 14.3. The molecule has 7 nitrogen and oxygen atoms in total. The second-order valence-electron chi connectivity index (χ2n) is 11.3. The van der Waals surface area contributed by atoms with Gasteiger partial charge in [-0.15, -0.1) is 0 Å². The molecule has 1 amide bonds. The molecule has 3 aliphatic rings. The fraction of sp³-hybridized carbons (Fsp3) is 0.567. The van der Waals surface area contributed by atoms with Crippen molar-refractivity contribution in [3.63, 3.8) is 0 Å². The number of piperidine rings is 1. The van der Waals surface area contributed by atoms with E-state index in [0.29, 0.717) is 42.6 Å². The lowest BCUT2D eigenvalue weighted by molar-refractivity contribution is 0.0381. The van der Waals surface area contributed by atoms with E-state index >= 15 is 0 Å². The fourth-order valence-electron chi connectivity index (χ4n) is 6.54. The van der Waals surface area contributed by atoms with Crippen molar-refractivity contribution in [2.24, 2.45) is 0 Å². The van der Waals surface area contributed by atoms with Crippen molar-refractivity contribution >= 4 is 27.7 Å². The van der Waals surface area contributed by atoms with Gasteiger partial charge in [0.05, 0.1) is 17.0 Å². The summed E-state index contributed by atoms with van der Waals surface area (Å²) in [5.74, 6) is -0.412. The highest BCUT2D eigenvalue weighted by Crippen LogP contribution is 2.40. The number of benzene rings is 2. The predicted octanol–water partition coefficient (Wildman–Crippen LogP) is 6.16. The predicted molar refractivity (Wildman–Crippen MR) is 153 cm³/mol. The zero-order valence-electron chi connectivity index (χ0n) is 23.1. The molecular weight excluding hydrogens is 553 g/mol. The molecule has 2 aromatic rings. The van der Waals surface area contributed by atoms with E-state index in [-0.39, 0.29) is 11.5 Å². The first-order chi connectivity index (χ1) is 19.2. The summed E-state index contributed by atoms with van der Waals surface area (Å²) < 4.78 is 49.7. The van der Waals surface area contributed by atoms with E-state index in [4.69, 9.17) is 16.3 Å². The van der Waals surface area contributed by atoms with Gasteiger partial charge in [-0.2, -0.15) is 4.31 Å². The molecule has 2 unspecified atom stereocenters. The molecule has 0 aromatic heterocycles. The van der Waals surface area contributed by atoms with E-state index in [1.54, 1.807) is 23.1 Å². The molecule has 0 N–H and O–H groups in total. The van der Waals surface area contributed by atoms with Crippen LogP contribution in [0.3, 0.4) is 0 Å². The lowest BCUT2D eigenvalue weighted by Gasteiger charge is -2.42. The molecule has 2 heterocycles. The summed E-state index contributed by atoms with van der Waals surface area (Å²) in [6.45, 7) is 4.69. The summed E-state index contributed by atoms with van der Waals surface area (Å²) in [4.78, 5) is 17.4. The van der Waals surface area contributed by atoms with Gasteiger partial charge in [-0.1, -0.05) is 36.9 Å². The smallest absolute Gasteiger partial charge is 0.409 e. The molecule has 3 fully saturated rings. The number of ether oxygens (including phenoxy) is 1. The van der Waals surface area contributed by atoms with Gasteiger partial charge in [0, 0.05) is 37.2 Å². The van der Waals surface area contributed by atoms with Gasteiger partial charge in [-0.25, -0.2) is 17.6 Å².